The van der Waals surface area contributed by atoms with Crippen molar-refractivity contribution in [2.45, 2.75) is 39.2 Å². The molecule has 2 N–H and O–H groups in total. The molecule has 0 atom stereocenters. The maximum atomic E-state index is 12.8. The molecule has 2 aromatic heterocycles. The Labute approximate surface area is 181 Å². The Hall–Kier alpha value is -3.14. The first-order valence-corrected chi connectivity index (χ1v) is 10.6. The van der Waals surface area contributed by atoms with Gasteiger partial charge in [0.05, 0.1) is 10.6 Å². The lowest BCUT2D eigenvalue weighted by Crippen LogP contribution is -2.29. The van der Waals surface area contributed by atoms with Crippen LogP contribution in [0.15, 0.2) is 24.5 Å². The van der Waals surface area contributed by atoms with Crippen LogP contribution < -0.4 is 10.6 Å². The molecule has 2 amide bonds. The highest BCUT2D eigenvalue weighted by Gasteiger charge is 2.27. The van der Waals surface area contributed by atoms with E-state index in [1.54, 1.807) is 28.4 Å². The number of hydrogen-bond acceptors (Lipinski definition) is 5. The number of rotatable bonds is 9. The molecule has 0 aliphatic carbocycles. The number of aromatic nitrogens is 2. The lowest BCUT2D eigenvalue weighted by molar-refractivity contribution is -0.385. The molecule has 1 aliphatic rings. The molecule has 0 saturated carbocycles. The fourth-order valence-electron chi connectivity index (χ4n) is 3.90. The number of amides is 2. The molecule has 1 fully saturated rings. The molecular weight excluding hydrogens is 400 g/mol. The third-order valence-corrected chi connectivity index (χ3v) is 5.49. The summed E-state index contributed by atoms with van der Waals surface area (Å²) in [5, 5.41) is 16.9. The second-order valence-electron chi connectivity index (χ2n) is 8.14. The Morgan fingerprint density at radius 3 is 2.58 bits per heavy atom. The van der Waals surface area contributed by atoms with Crippen LogP contribution in [0.1, 0.15) is 60.1 Å². The summed E-state index contributed by atoms with van der Waals surface area (Å²) < 4.78 is 3.19. The van der Waals surface area contributed by atoms with Gasteiger partial charge in [-0.05, 0) is 58.8 Å². The number of hydrogen-bond donors (Lipinski definition) is 2. The van der Waals surface area contributed by atoms with E-state index in [-0.39, 0.29) is 23.3 Å². The quantitative estimate of drug-likeness (QED) is 0.361. The zero-order valence-electron chi connectivity index (χ0n) is 18.3. The summed E-state index contributed by atoms with van der Waals surface area (Å²) in [7, 11) is 1.72. The maximum absolute atomic E-state index is 12.8. The molecule has 0 bridgehead atoms. The van der Waals surface area contributed by atoms with Gasteiger partial charge in [-0.25, -0.2) is 0 Å². The van der Waals surface area contributed by atoms with Crippen molar-refractivity contribution in [2.75, 3.05) is 31.5 Å². The summed E-state index contributed by atoms with van der Waals surface area (Å²) >= 11 is 0. The Balaban J connectivity index is 1.63. The number of nitrogens with one attached hydrogen (secondary N) is 2. The van der Waals surface area contributed by atoms with Crippen LogP contribution in [-0.2, 0) is 7.05 Å². The molecule has 1 saturated heterocycles. The molecule has 168 valence electrons. The fourth-order valence-corrected chi connectivity index (χ4v) is 3.90. The summed E-state index contributed by atoms with van der Waals surface area (Å²) in [6.45, 7) is 7.50. The zero-order valence-corrected chi connectivity index (χ0v) is 18.3. The molecule has 0 radical (unpaired) electrons. The molecule has 0 unspecified atom stereocenters. The van der Waals surface area contributed by atoms with E-state index in [0.717, 1.165) is 26.1 Å². The van der Waals surface area contributed by atoms with Gasteiger partial charge < -0.3 is 24.7 Å². The molecule has 1 aliphatic heterocycles. The largest absolute Gasteiger partial charge is 0.351 e. The van der Waals surface area contributed by atoms with E-state index in [0.29, 0.717) is 17.9 Å². The fraction of sp³-hybridized carbons (Fsp3) is 0.524. The lowest BCUT2D eigenvalue weighted by atomic mass is 10.3. The number of carbonyl (C=O) groups excluding carboxylic acids is 2. The van der Waals surface area contributed by atoms with Crippen LogP contribution >= 0.6 is 0 Å². The molecule has 0 aromatic carbocycles. The number of anilines is 1. The predicted molar refractivity (Wildman–Crippen MR) is 117 cm³/mol. The number of nitro groups is 1. The number of carbonyl (C=O) groups is 2. The normalized spacial score (nSPS) is 14.2. The monoisotopic (exact) mass is 430 g/mol. The van der Waals surface area contributed by atoms with E-state index in [9.17, 15) is 19.7 Å². The third kappa shape index (κ3) is 5.32. The highest BCUT2D eigenvalue weighted by molar-refractivity contribution is 6.06. The summed E-state index contributed by atoms with van der Waals surface area (Å²) in [5.41, 5.74) is 0.542. The molecular formula is C21H30N6O4. The van der Waals surface area contributed by atoms with Gasteiger partial charge in [0.25, 0.3) is 17.5 Å². The minimum atomic E-state index is -0.589. The maximum Gasteiger partial charge on any atom is 0.300 e. The highest BCUT2D eigenvalue weighted by Crippen LogP contribution is 2.25. The van der Waals surface area contributed by atoms with Gasteiger partial charge in [-0.3, -0.25) is 19.7 Å². The molecule has 31 heavy (non-hydrogen) atoms. The first-order valence-electron chi connectivity index (χ1n) is 10.6. The average Bonchev–Trinajstić information content (AvgIpc) is 3.44. The van der Waals surface area contributed by atoms with Gasteiger partial charge in [0.15, 0.2) is 5.69 Å². The second-order valence-corrected chi connectivity index (χ2v) is 8.14. The van der Waals surface area contributed by atoms with Crippen molar-refractivity contribution in [3.63, 3.8) is 0 Å². The highest BCUT2D eigenvalue weighted by atomic mass is 16.6. The van der Waals surface area contributed by atoms with Crippen LogP contribution in [0.2, 0.25) is 0 Å². The van der Waals surface area contributed by atoms with E-state index in [4.69, 9.17) is 0 Å². The second kappa shape index (κ2) is 9.78. The van der Waals surface area contributed by atoms with Crippen molar-refractivity contribution in [1.82, 2.24) is 19.4 Å². The minimum Gasteiger partial charge on any atom is -0.351 e. The molecule has 2 aromatic rings. The molecule has 0 spiro atoms. The van der Waals surface area contributed by atoms with Crippen molar-refractivity contribution in [1.29, 1.82) is 0 Å². The van der Waals surface area contributed by atoms with Gasteiger partial charge >= 0.3 is 0 Å². The van der Waals surface area contributed by atoms with Crippen molar-refractivity contribution < 1.29 is 14.5 Å². The molecule has 3 heterocycles. The standard InChI is InChI=1S/C21H30N6O4/c1-15(2)26-12-7-17(27(30)31)19(26)21(29)23-16-13-18(24(3)14-16)20(28)22-8-6-11-25-9-4-5-10-25/h7,12-15H,4-6,8-11H2,1-3H3,(H,22,28)(H,23,29). The van der Waals surface area contributed by atoms with E-state index in [1.165, 1.54) is 25.1 Å². The summed E-state index contributed by atoms with van der Waals surface area (Å²) in [6, 6.07) is 2.77. The molecule has 10 heteroatoms. The zero-order chi connectivity index (χ0) is 22.5. The van der Waals surface area contributed by atoms with Crippen molar-refractivity contribution in [3.05, 3.63) is 46.0 Å². The first-order chi connectivity index (χ1) is 14.8. The van der Waals surface area contributed by atoms with Crippen molar-refractivity contribution in [2.24, 2.45) is 7.05 Å². The van der Waals surface area contributed by atoms with Gasteiger partial charge in [0, 0.05) is 38.1 Å². The summed E-state index contributed by atoms with van der Waals surface area (Å²) in [5.74, 6) is -0.811. The van der Waals surface area contributed by atoms with Crippen LogP contribution in [0.4, 0.5) is 11.4 Å². The van der Waals surface area contributed by atoms with Crippen LogP contribution in [0.5, 0.6) is 0 Å². The van der Waals surface area contributed by atoms with Gasteiger partial charge in [-0.2, -0.15) is 0 Å². The molecule has 3 rings (SSSR count). The Morgan fingerprint density at radius 1 is 1.23 bits per heavy atom. The number of aryl methyl sites for hydroxylation is 1. The van der Waals surface area contributed by atoms with E-state index in [1.807, 2.05) is 13.8 Å². The number of nitrogens with zero attached hydrogens (tertiary/aromatic N) is 4. The van der Waals surface area contributed by atoms with Crippen LogP contribution in [0, 0.1) is 10.1 Å². The SMILES string of the molecule is CC(C)n1ccc([N+](=O)[O-])c1C(=O)Nc1cc(C(=O)NCCCN2CCCC2)n(C)c1. The molecule has 10 nitrogen and oxygen atoms in total. The Bertz CT molecular complexity index is 955. The van der Waals surface area contributed by atoms with Crippen molar-refractivity contribution >= 4 is 23.2 Å². The van der Waals surface area contributed by atoms with Gasteiger partial charge in [0.1, 0.15) is 5.69 Å². The van der Waals surface area contributed by atoms with Crippen LogP contribution in [-0.4, -0.2) is 57.0 Å². The summed E-state index contributed by atoms with van der Waals surface area (Å²) in [4.78, 5) is 38.5. The van der Waals surface area contributed by atoms with E-state index < -0.39 is 10.8 Å². The van der Waals surface area contributed by atoms with Gasteiger partial charge in [0.2, 0.25) is 0 Å². The van der Waals surface area contributed by atoms with E-state index in [2.05, 4.69) is 15.5 Å². The van der Waals surface area contributed by atoms with Crippen molar-refractivity contribution in [3.8, 4) is 0 Å². The van der Waals surface area contributed by atoms with Crippen LogP contribution in [0.3, 0.4) is 0 Å². The minimum absolute atomic E-state index is 0.0169. The number of likely N-dealkylation sites (tertiary alicyclic amines) is 1. The Morgan fingerprint density at radius 2 is 1.94 bits per heavy atom. The smallest absolute Gasteiger partial charge is 0.300 e. The van der Waals surface area contributed by atoms with E-state index >= 15 is 0 Å². The van der Waals surface area contributed by atoms with Gasteiger partial charge in [-0.15, -0.1) is 0 Å². The average molecular weight is 431 g/mol. The van der Waals surface area contributed by atoms with Gasteiger partial charge in [-0.1, -0.05) is 0 Å². The summed E-state index contributed by atoms with van der Waals surface area (Å²) in [6.07, 6.45) is 6.52. The predicted octanol–water partition coefficient (Wildman–Crippen LogP) is 2.78. The Kier molecular flexibility index (Phi) is 7.11. The van der Waals surface area contributed by atoms with Crippen LogP contribution in [0.25, 0.3) is 0 Å². The topological polar surface area (TPSA) is 114 Å². The lowest BCUT2D eigenvalue weighted by Gasteiger charge is -2.14. The first kappa shape index (κ1) is 22.5. The third-order valence-electron chi connectivity index (χ3n) is 5.49.